The van der Waals surface area contributed by atoms with Gasteiger partial charge < -0.3 is 10.0 Å². The molecule has 3 nitrogen and oxygen atoms in total. The number of hydrogen-bond acceptors (Lipinski definition) is 2. The molecule has 5 heteroatoms. The number of nitrogens with zero attached hydrogens (tertiary/aromatic N) is 1. The number of hydrogen-bond donors (Lipinski definition) is 1. The Morgan fingerprint density at radius 2 is 2.32 bits per heavy atom. The Labute approximate surface area is 119 Å². The Balaban J connectivity index is 2.05. The second-order valence-corrected chi connectivity index (χ2v) is 5.50. The molecule has 2 rings (SSSR count). The van der Waals surface area contributed by atoms with Gasteiger partial charge in [0, 0.05) is 29.2 Å². The summed E-state index contributed by atoms with van der Waals surface area (Å²) in [5.74, 6) is -0.566. The third-order valence-electron chi connectivity index (χ3n) is 3.07. The molecule has 1 aromatic carbocycles. The van der Waals surface area contributed by atoms with Crippen LogP contribution in [0.5, 0.6) is 0 Å². The topological polar surface area (TPSA) is 40.5 Å². The van der Waals surface area contributed by atoms with Gasteiger partial charge in [-0.25, -0.2) is 4.39 Å². The zero-order valence-corrected chi connectivity index (χ0v) is 11.9. The van der Waals surface area contributed by atoms with Crippen LogP contribution in [-0.4, -0.2) is 35.1 Å². The smallest absolute Gasteiger partial charge is 0.246 e. The minimum Gasteiger partial charge on any atom is -0.391 e. The number of carbonyl (C=O) groups excluding carboxylic acids is 1. The summed E-state index contributed by atoms with van der Waals surface area (Å²) in [6.07, 6.45) is 3.89. The van der Waals surface area contributed by atoms with Crippen LogP contribution in [0.2, 0.25) is 0 Å². The number of piperidine rings is 1. The van der Waals surface area contributed by atoms with Crippen molar-refractivity contribution in [3.8, 4) is 0 Å². The van der Waals surface area contributed by atoms with Gasteiger partial charge in [-0.1, -0.05) is 15.9 Å². The van der Waals surface area contributed by atoms with Crippen molar-refractivity contribution in [2.75, 3.05) is 13.1 Å². The maximum absolute atomic E-state index is 13.5. The summed E-state index contributed by atoms with van der Waals surface area (Å²) in [6.45, 7) is 0.991. The van der Waals surface area contributed by atoms with Gasteiger partial charge in [0.25, 0.3) is 0 Å². The number of rotatable bonds is 2. The Bertz CT molecular complexity index is 504. The monoisotopic (exact) mass is 327 g/mol. The molecule has 0 saturated carbocycles. The van der Waals surface area contributed by atoms with Gasteiger partial charge in [0.1, 0.15) is 5.82 Å². The van der Waals surface area contributed by atoms with Crippen LogP contribution in [0.25, 0.3) is 6.08 Å². The standard InChI is InChI=1S/C14H15BrFNO2/c15-11-4-5-13(16)10(8-11)3-6-14(19)17-7-1-2-12(18)9-17/h3-6,8,12,18H,1-2,7,9H2/b6-3+/t12-/m0/s1. The zero-order valence-electron chi connectivity index (χ0n) is 10.4. The maximum atomic E-state index is 13.5. The molecule has 0 aliphatic carbocycles. The van der Waals surface area contributed by atoms with Gasteiger partial charge in [-0.15, -0.1) is 0 Å². The van der Waals surface area contributed by atoms with Crippen molar-refractivity contribution in [1.82, 2.24) is 4.90 Å². The summed E-state index contributed by atoms with van der Waals surface area (Å²) < 4.78 is 14.2. The van der Waals surface area contributed by atoms with Gasteiger partial charge in [0.2, 0.25) is 5.91 Å². The van der Waals surface area contributed by atoms with Crippen molar-refractivity contribution in [1.29, 1.82) is 0 Å². The number of aliphatic hydroxyl groups is 1. The predicted octanol–water partition coefficient (Wildman–Crippen LogP) is 2.58. The lowest BCUT2D eigenvalue weighted by molar-refractivity contribution is -0.128. The van der Waals surface area contributed by atoms with Gasteiger partial charge in [0.15, 0.2) is 0 Å². The van der Waals surface area contributed by atoms with Crippen LogP contribution in [0, 0.1) is 5.82 Å². The first-order chi connectivity index (χ1) is 9.06. The molecule has 1 N–H and O–H groups in total. The fraction of sp³-hybridized carbons (Fsp3) is 0.357. The minimum absolute atomic E-state index is 0.196. The van der Waals surface area contributed by atoms with Crippen molar-refractivity contribution in [2.45, 2.75) is 18.9 Å². The molecule has 1 aliphatic heterocycles. The Morgan fingerprint density at radius 1 is 1.53 bits per heavy atom. The van der Waals surface area contributed by atoms with Crippen molar-refractivity contribution in [3.05, 3.63) is 40.1 Å². The predicted molar refractivity (Wildman–Crippen MR) is 75.0 cm³/mol. The average Bonchev–Trinajstić information content (AvgIpc) is 2.39. The van der Waals surface area contributed by atoms with Crippen LogP contribution in [0.1, 0.15) is 18.4 Å². The van der Waals surface area contributed by atoms with Gasteiger partial charge in [0.05, 0.1) is 6.10 Å². The van der Waals surface area contributed by atoms with Gasteiger partial charge in [-0.05, 0) is 37.1 Å². The molecule has 19 heavy (non-hydrogen) atoms. The van der Waals surface area contributed by atoms with E-state index in [0.717, 1.165) is 17.3 Å². The Morgan fingerprint density at radius 3 is 3.05 bits per heavy atom. The quantitative estimate of drug-likeness (QED) is 0.848. The lowest BCUT2D eigenvalue weighted by Crippen LogP contribution is -2.41. The molecule has 1 fully saturated rings. The number of β-amino-alcohol motifs (C(OH)–C–C–N with tert-alkyl or cyclic N) is 1. The summed E-state index contributed by atoms with van der Waals surface area (Å²) in [6, 6.07) is 4.57. The van der Waals surface area contributed by atoms with E-state index in [9.17, 15) is 14.3 Å². The molecule has 0 radical (unpaired) electrons. The third kappa shape index (κ3) is 3.88. The zero-order chi connectivity index (χ0) is 13.8. The molecule has 1 saturated heterocycles. The van der Waals surface area contributed by atoms with Gasteiger partial charge >= 0.3 is 0 Å². The molecule has 1 aromatic rings. The van der Waals surface area contributed by atoms with E-state index in [1.165, 1.54) is 18.2 Å². The second kappa shape index (κ2) is 6.30. The summed E-state index contributed by atoms with van der Waals surface area (Å²) in [7, 11) is 0. The van der Waals surface area contributed by atoms with Crippen molar-refractivity contribution in [3.63, 3.8) is 0 Å². The minimum atomic E-state index is -0.450. The number of carbonyl (C=O) groups is 1. The molecule has 102 valence electrons. The highest BCUT2D eigenvalue weighted by atomic mass is 79.9. The molecule has 0 aromatic heterocycles. The van der Waals surface area contributed by atoms with Crippen molar-refractivity contribution >= 4 is 27.9 Å². The normalized spacial score (nSPS) is 19.9. The molecule has 0 spiro atoms. The largest absolute Gasteiger partial charge is 0.391 e. The Kier molecular flexibility index (Phi) is 4.71. The average molecular weight is 328 g/mol. The molecular formula is C14H15BrFNO2. The van der Waals surface area contributed by atoms with E-state index in [4.69, 9.17) is 0 Å². The van der Waals surface area contributed by atoms with Crippen LogP contribution >= 0.6 is 15.9 Å². The van der Waals surface area contributed by atoms with E-state index in [0.29, 0.717) is 18.7 Å². The van der Waals surface area contributed by atoms with Crippen LogP contribution in [0.3, 0.4) is 0 Å². The van der Waals surface area contributed by atoms with E-state index in [-0.39, 0.29) is 11.7 Å². The van der Waals surface area contributed by atoms with Crippen LogP contribution < -0.4 is 0 Å². The van der Waals surface area contributed by atoms with Gasteiger partial charge in [-0.3, -0.25) is 4.79 Å². The second-order valence-electron chi connectivity index (χ2n) is 4.58. The number of benzene rings is 1. The number of likely N-dealkylation sites (tertiary alicyclic amines) is 1. The fourth-order valence-corrected chi connectivity index (χ4v) is 2.44. The number of halogens is 2. The highest BCUT2D eigenvalue weighted by Gasteiger charge is 2.20. The highest BCUT2D eigenvalue weighted by Crippen LogP contribution is 2.17. The lowest BCUT2D eigenvalue weighted by Gasteiger charge is -2.29. The van der Waals surface area contributed by atoms with Crippen LogP contribution in [0.15, 0.2) is 28.7 Å². The summed E-state index contributed by atoms with van der Waals surface area (Å²) in [5.41, 5.74) is 0.361. The maximum Gasteiger partial charge on any atom is 0.246 e. The van der Waals surface area contributed by atoms with E-state index < -0.39 is 6.10 Å². The first-order valence-corrected chi connectivity index (χ1v) is 6.95. The van der Waals surface area contributed by atoms with Crippen molar-refractivity contribution in [2.24, 2.45) is 0 Å². The molecule has 1 aliphatic rings. The molecule has 1 heterocycles. The highest BCUT2D eigenvalue weighted by molar-refractivity contribution is 9.10. The molecule has 1 amide bonds. The van der Waals surface area contributed by atoms with Gasteiger partial charge in [-0.2, -0.15) is 0 Å². The van der Waals surface area contributed by atoms with E-state index in [1.54, 1.807) is 17.0 Å². The van der Waals surface area contributed by atoms with Crippen molar-refractivity contribution < 1.29 is 14.3 Å². The summed E-state index contributed by atoms with van der Waals surface area (Å²) >= 11 is 3.26. The lowest BCUT2D eigenvalue weighted by atomic mass is 10.1. The SMILES string of the molecule is O=C(/C=C/c1cc(Br)ccc1F)N1CCC[C@H](O)C1. The number of amides is 1. The first-order valence-electron chi connectivity index (χ1n) is 6.16. The molecule has 1 atom stereocenters. The summed E-state index contributed by atoms with van der Waals surface area (Å²) in [5, 5.41) is 9.51. The van der Waals surface area contributed by atoms with E-state index in [1.807, 2.05) is 0 Å². The van der Waals surface area contributed by atoms with Crippen LogP contribution in [0.4, 0.5) is 4.39 Å². The molecule has 0 unspecified atom stereocenters. The fourth-order valence-electron chi connectivity index (χ4n) is 2.06. The molecule has 0 bridgehead atoms. The van der Waals surface area contributed by atoms with E-state index >= 15 is 0 Å². The molecular weight excluding hydrogens is 313 g/mol. The third-order valence-corrected chi connectivity index (χ3v) is 3.56. The van der Waals surface area contributed by atoms with Crippen LogP contribution in [-0.2, 0) is 4.79 Å². The first kappa shape index (κ1) is 14.2. The summed E-state index contributed by atoms with van der Waals surface area (Å²) in [4.78, 5) is 13.5. The Hall–Kier alpha value is -1.20. The van der Waals surface area contributed by atoms with E-state index in [2.05, 4.69) is 15.9 Å². The number of aliphatic hydroxyl groups excluding tert-OH is 1.